The van der Waals surface area contributed by atoms with Gasteiger partial charge in [0.2, 0.25) is 10.0 Å². The van der Waals surface area contributed by atoms with Crippen molar-refractivity contribution >= 4 is 39.3 Å². The Morgan fingerprint density at radius 1 is 0.971 bits per heavy atom. The monoisotopic (exact) mass is 514 g/mol. The van der Waals surface area contributed by atoms with Gasteiger partial charge in [-0.2, -0.15) is 16.5 Å². The highest BCUT2D eigenvalue weighted by atomic mass is 32.2. The second kappa shape index (κ2) is 11.9. The number of anilines is 1. The molecule has 0 spiro atoms. The van der Waals surface area contributed by atoms with Gasteiger partial charge in [-0.05, 0) is 59.8 Å². The summed E-state index contributed by atoms with van der Waals surface area (Å²) in [6, 6.07) is 19.6. The van der Waals surface area contributed by atoms with Gasteiger partial charge in [0.25, 0.3) is 5.91 Å². The first-order valence-electron chi connectivity index (χ1n) is 10.7. The highest BCUT2D eigenvalue weighted by Gasteiger charge is 2.34. The molecule has 0 aliphatic carbocycles. The predicted molar refractivity (Wildman–Crippen MR) is 136 cm³/mol. The summed E-state index contributed by atoms with van der Waals surface area (Å²) in [5.41, 5.74) is 1.52. The third-order valence-electron chi connectivity index (χ3n) is 5.10. The standard InChI is InChI=1S/C25H26N2O6S2/c1-3-34-23(17-7-5-4-6-8-17)22(25(29)30)27-35(31,32)21-15-11-19(12-16-21)26-24(28)18-9-13-20(33-2)14-10-18/h4-16,22-23,27H,3H2,1-2H3,(H,26,28)(H,29,30). The molecule has 2 atom stereocenters. The molecule has 0 aliphatic heterocycles. The number of nitrogens with one attached hydrogen (secondary N) is 2. The van der Waals surface area contributed by atoms with E-state index in [1.54, 1.807) is 48.5 Å². The van der Waals surface area contributed by atoms with Gasteiger partial charge < -0.3 is 15.2 Å². The van der Waals surface area contributed by atoms with Crippen LogP contribution in [0, 0.1) is 0 Å². The lowest BCUT2D eigenvalue weighted by molar-refractivity contribution is -0.139. The van der Waals surface area contributed by atoms with Gasteiger partial charge in [-0.3, -0.25) is 9.59 Å². The Kier molecular flexibility index (Phi) is 8.91. The summed E-state index contributed by atoms with van der Waals surface area (Å²) in [5.74, 6) is -0.412. The van der Waals surface area contributed by atoms with E-state index in [0.29, 0.717) is 28.3 Å². The number of benzene rings is 3. The molecule has 0 heterocycles. The van der Waals surface area contributed by atoms with Crippen LogP contribution in [-0.4, -0.2) is 44.3 Å². The Morgan fingerprint density at radius 2 is 1.60 bits per heavy atom. The molecule has 10 heteroatoms. The van der Waals surface area contributed by atoms with Crippen LogP contribution in [0.5, 0.6) is 5.75 Å². The van der Waals surface area contributed by atoms with Gasteiger partial charge in [0, 0.05) is 11.3 Å². The van der Waals surface area contributed by atoms with E-state index in [4.69, 9.17) is 4.74 Å². The van der Waals surface area contributed by atoms with Crippen molar-refractivity contribution < 1.29 is 27.9 Å². The van der Waals surface area contributed by atoms with Gasteiger partial charge in [0.15, 0.2) is 0 Å². The lowest BCUT2D eigenvalue weighted by atomic mass is 10.1. The largest absolute Gasteiger partial charge is 0.497 e. The van der Waals surface area contributed by atoms with Gasteiger partial charge in [-0.25, -0.2) is 8.42 Å². The van der Waals surface area contributed by atoms with Crippen molar-refractivity contribution in [1.82, 2.24) is 4.72 Å². The quantitative estimate of drug-likeness (QED) is 0.351. The average Bonchev–Trinajstić information content (AvgIpc) is 2.87. The zero-order valence-corrected chi connectivity index (χ0v) is 20.8. The molecule has 0 saturated heterocycles. The van der Waals surface area contributed by atoms with E-state index in [2.05, 4.69) is 10.0 Å². The van der Waals surface area contributed by atoms with E-state index in [0.717, 1.165) is 0 Å². The average molecular weight is 515 g/mol. The maximum Gasteiger partial charge on any atom is 0.323 e. The molecule has 2 unspecified atom stereocenters. The zero-order valence-electron chi connectivity index (χ0n) is 19.2. The Labute approximate surface area is 208 Å². The van der Waals surface area contributed by atoms with E-state index in [1.165, 1.54) is 43.1 Å². The molecule has 1 amide bonds. The molecule has 3 rings (SSSR count). The molecule has 184 valence electrons. The number of carboxylic acids is 1. The maximum absolute atomic E-state index is 13.0. The first kappa shape index (κ1) is 26.3. The topological polar surface area (TPSA) is 122 Å². The Balaban J connectivity index is 1.76. The summed E-state index contributed by atoms with van der Waals surface area (Å²) in [6.45, 7) is 1.88. The zero-order chi connectivity index (χ0) is 25.4. The first-order chi connectivity index (χ1) is 16.7. The molecule has 0 radical (unpaired) electrons. The van der Waals surface area contributed by atoms with Gasteiger partial charge >= 0.3 is 5.97 Å². The van der Waals surface area contributed by atoms with Crippen molar-refractivity contribution in [3.05, 3.63) is 90.0 Å². The molecule has 0 bridgehead atoms. The molecule has 3 N–H and O–H groups in total. The van der Waals surface area contributed by atoms with Crippen LogP contribution in [0.3, 0.4) is 0 Å². The normalized spacial score (nSPS) is 13.0. The van der Waals surface area contributed by atoms with Gasteiger partial charge in [-0.1, -0.05) is 37.3 Å². The van der Waals surface area contributed by atoms with Gasteiger partial charge in [-0.15, -0.1) is 0 Å². The van der Waals surface area contributed by atoms with Crippen LogP contribution in [0.25, 0.3) is 0 Å². The number of rotatable bonds is 11. The molecule has 0 fully saturated rings. The molecular formula is C25H26N2O6S2. The van der Waals surface area contributed by atoms with Crippen molar-refractivity contribution in [3.8, 4) is 5.75 Å². The molecule has 3 aromatic carbocycles. The first-order valence-corrected chi connectivity index (χ1v) is 13.3. The third kappa shape index (κ3) is 6.84. The number of carbonyl (C=O) groups excluding carboxylic acids is 1. The summed E-state index contributed by atoms with van der Waals surface area (Å²) in [6.07, 6.45) is 0. The van der Waals surface area contributed by atoms with Crippen LogP contribution in [0.2, 0.25) is 0 Å². The molecule has 3 aromatic rings. The third-order valence-corrected chi connectivity index (χ3v) is 7.79. The van der Waals surface area contributed by atoms with Crippen molar-refractivity contribution in [2.75, 3.05) is 18.2 Å². The number of aliphatic carboxylic acids is 1. The second-order valence-corrected chi connectivity index (χ2v) is 10.6. The number of amides is 1. The fourth-order valence-electron chi connectivity index (χ4n) is 3.35. The highest BCUT2D eigenvalue weighted by Crippen LogP contribution is 2.33. The minimum atomic E-state index is -4.15. The summed E-state index contributed by atoms with van der Waals surface area (Å²) in [7, 11) is -2.62. The summed E-state index contributed by atoms with van der Waals surface area (Å²) in [4.78, 5) is 24.4. The van der Waals surface area contributed by atoms with Crippen LogP contribution < -0.4 is 14.8 Å². The maximum atomic E-state index is 13.0. The van der Waals surface area contributed by atoms with Crippen molar-refractivity contribution in [2.45, 2.75) is 23.1 Å². The number of thioether (sulfide) groups is 1. The van der Waals surface area contributed by atoms with Crippen molar-refractivity contribution in [3.63, 3.8) is 0 Å². The van der Waals surface area contributed by atoms with E-state index < -0.39 is 27.3 Å². The molecule has 35 heavy (non-hydrogen) atoms. The molecule has 8 nitrogen and oxygen atoms in total. The number of carbonyl (C=O) groups is 2. The Bertz CT molecular complexity index is 1250. The number of methoxy groups -OCH3 is 1. The molecular weight excluding hydrogens is 488 g/mol. The fourth-order valence-corrected chi connectivity index (χ4v) is 5.72. The van der Waals surface area contributed by atoms with E-state index >= 15 is 0 Å². The second-order valence-electron chi connectivity index (χ2n) is 7.43. The molecule has 0 aliphatic rings. The Morgan fingerprint density at radius 3 is 2.14 bits per heavy atom. The SMILES string of the molecule is CCSC(c1ccccc1)C(NS(=O)(=O)c1ccc(NC(=O)c2ccc(OC)cc2)cc1)C(=O)O. The van der Waals surface area contributed by atoms with Crippen LogP contribution in [0.4, 0.5) is 5.69 Å². The number of ether oxygens (including phenoxy) is 1. The smallest absolute Gasteiger partial charge is 0.323 e. The fraction of sp³-hybridized carbons (Fsp3) is 0.200. The minimum absolute atomic E-state index is 0.112. The number of hydrogen-bond donors (Lipinski definition) is 3. The number of hydrogen-bond acceptors (Lipinski definition) is 6. The van der Waals surface area contributed by atoms with Crippen LogP contribution >= 0.6 is 11.8 Å². The lowest BCUT2D eigenvalue weighted by Crippen LogP contribution is -2.44. The van der Waals surface area contributed by atoms with Gasteiger partial charge in [0.1, 0.15) is 11.8 Å². The van der Waals surface area contributed by atoms with E-state index in [-0.39, 0.29) is 10.8 Å². The van der Waals surface area contributed by atoms with Crippen LogP contribution in [-0.2, 0) is 14.8 Å². The number of carboxylic acid groups (broad SMARTS) is 1. The summed E-state index contributed by atoms with van der Waals surface area (Å²) < 4.78 is 33.5. The van der Waals surface area contributed by atoms with Crippen LogP contribution in [0.15, 0.2) is 83.8 Å². The van der Waals surface area contributed by atoms with Crippen molar-refractivity contribution in [1.29, 1.82) is 0 Å². The molecule has 0 aromatic heterocycles. The summed E-state index contributed by atoms with van der Waals surface area (Å²) >= 11 is 1.35. The molecule has 0 saturated carbocycles. The lowest BCUT2D eigenvalue weighted by Gasteiger charge is -2.24. The predicted octanol–water partition coefficient (Wildman–Crippen LogP) is 4.17. The van der Waals surface area contributed by atoms with Gasteiger partial charge in [0.05, 0.1) is 17.3 Å². The Hall–Kier alpha value is -3.34. The van der Waals surface area contributed by atoms with E-state index in [1.807, 2.05) is 13.0 Å². The van der Waals surface area contributed by atoms with Crippen LogP contribution in [0.1, 0.15) is 28.1 Å². The van der Waals surface area contributed by atoms with E-state index in [9.17, 15) is 23.1 Å². The summed E-state index contributed by atoms with van der Waals surface area (Å²) in [5, 5.41) is 11.9. The van der Waals surface area contributed by atoms with Crippen molar-refractivity contribution in [2.24, 2.45) is 0 Å². The minimum Gasteiger partial charge on any atom is -0.497 e. The highest BCUT2D eigenvalue weighted by molar-refractivity contribution is 7.99. The number of sulfonamides is 1.